The van der Waals surface area contributed by atoms with Crippen molar-refractivity contribution in [2.45, 2.75) is 136 Å². The van der Waals surface area contributed by atoms with Crippen LogP contribution in [0.1, 0.15) is 129 Å². The summed E-state index contributed by atoms with van der Waals surface area (Å²) in [6.07, 6.45) is 44.8. The minimum Gasteiger partial charge on any atom is -0.462 e. The van der Waals surface area contributed by atoms with Crippen LogP contribution in [0.4, 0.5) is 0 Å². The molecule has 0 bridgehead atoms. The Labute approximate surface area is 309 Å². The number of unbranched alkanes of at least 4 members (excludes halogenated alkanes) is 7. The van der Waals surface area contributed by atoms with E-state index in [2.05, 4.69) is 98.9 Å². The Balaban J connectivity index is 4.40. The number of esters is 2. The summed E-state index contributed by atoms with van der Waals surface area (Å²) in [4.78, 5) is 34.7. The highest BCUT2D eigenvalue weighted by Gasteiger charge is 2.25. The van der Waals surface area contributed by atoms with Crippen LogP contribution >= 0.6 is 7.82 Å². The second kappa shape index (κ2) is 37.0. The van der Waals surface area contributed by atoms with E-state index in [1.54, 1.807) is 0 Å². The van der Waals surface area contributed by atoms with Gasteiger partial charge in [0, 0.05) is 19.4 Å². The molecule has 0 aliphatic rings. The summed E-state index contributed by atoms with van der Waals surface area (Å²) >= 11 is 0. The summed E-state index contributed by atoms with van der Waals surface area (Å²) in [6.45, 7) is 3.45. The highest BCUT2D eigenvalue weighted by molar-refractivity contribution is 7.47. The first-order valence-electron chi connectivity index (χ1n) is 19.1. The molecule has 10 heteroatoms. The third kappa shape index (κ3) is 36.8. The molecule has 2 atom stereocenters. The van der Waals surface area contributed by atoms with Crippen LogP contribution in [0.15, 0.2) is 85.1 Å². The molecule has 0 spiro atoms. The zero-order chi connectivity index (χ0) is 37.5. The van der Waals surface area contributed by atoms with Crippen molar-refractivity contribution in [2.24, 2.45) is 5.73 Å². The maximum atomic E-state index is 12.5. The molecule has 0 heterocycles. The number of phosphoric ester groups is 1. The van der Waals surface area contributed by atoms with Crippen LogP contribution in [0.2, 0.25) is 0 Å². The molecule has 0 aromatic heterocycles. The molecule has 0 saturated carbocycles. The first kappa shape index (κ1) is 48.2. The molecule has 9 nitrogen and oxygen atoms in total. The smallest absolute Gasteiger partial charge is 0.462 e. The molecular formula is C41H68NO8P. The van der Waals surface area contributed by atoms with Crippen LogP contribution in [0, 0.1) is 0 Å². The van der Waals surface area contributed by atoms with E-state index in [-0.39, 0.29) is 32.6 Å². The summed E-state index contributed by atoms with van der Waals surface area (Å²) in [5.41, 5.74) is 5.32. The summed E-state index contributed by atoms with van der Waals surface area (Å²) in [7, 11) is -4.40. The number of hydrogen-bond donors (Lipinski definition) is 2. The van der Waals surface area contributed by atoms with Crippen molar-refractivity contribution in [3.05, 3.63) is 85.1 Å². The van der Waals surface area contributed by atoms with Crippen molar-refractivity contribution in [1.29, 1.82) is 0 Å². The molecule has 0 radical (unpaired) electrons. The monoisotopic (exact) mass is 733 g/mol. The molecule has 0 amide bonds. The fourth-order valence-corrected chi connectivity index (χ4v) is 5.22. The lowest BCUT2D eigenvalue weighted by Crippen LogP contribution is -2.29. The SMILES string of the molecule is CC/C=C/C/C=C/C/C=C/C/C=C/CCCCC(=O)OC[C@H](COP(=O)(O)OCCN)OC(=O)CCCC/C=C/C/C=C/C/C=C/CCCCC. The van der Waals surface area contributed by atoms with Crippen LogP contribution in [0.3, 0.4) is 0 Å². The van der Waals surface area contributed by atoms with E-state index in [4.69, 9.17) is 24.3 Å². The van der Waals surface area contributed by atoms with E-state index in [1.807, 2.05) is 0 Å². The Morgan fingerprint density at radius 2 is 1.06 bits per heavy atom. The van der Waals surface area contributed by atoms with Crippen molar-refractivity contribution < 1.29 is 37.6 Å². The van der Waals surface area contributed by atoms with E-state index in [0.717, 1.165) is 70.6 Å². The molecule has 3 N–H and O–H groups in total. The van der Waals surface area contributed by atoms with Crippen LogP contribution in [-0.2, 0) is 32.7 Å². The van der Waals surface area contributed by atoms with Gasteiger partial charge in [-0.25, -0.2) is 4.57 Å². The second-order valence-electron chi connectivity index (χ2n) is 12.1. The van der Waals surface area contributed by atoms with Gasteiger partial charge in [-0.05, 0) is 89.9 Å². The molecule has 1 unspecified atom stereocenters. The lowest BCUT2D eigenvalue weighted by atomic mass is 10.1. The quantitative estimate of drug-likeness (QED) is 0.0287. The van der Waals surface area contributed by atoms with Crippen LogP contribution in [0.25, 0.3) is 0 Å². The standard InChI is InChI=1S/C41H68NO8P/c1-3-5-7-9-11-13-15-17-19-21-23-25-27-29-31-33-40(43)47-37-39(38-49-51(45,46)48-36-35-42)50-41(44)34-32-30-28-26-24-22-20-18-16-14-12-10-8-6-4-2/h5,7,11-14,17-20,23-26,39H,3-4,6,8-10,15-16,21-22,27-38,42H2,1-2H3,(H,45,46)/b7-5+,13-11+,14-12+,19-17+,20-18+,25-23+,26-24+/t39-/m1/s1. The predicted octanol–water partition coefficient (Wildman–Crippen LogP) is 10.5. The first-order chi connectivity index (χ1) is 24.8. The average molecular weight is 734 g/mol. The number of ether oxygens (including phenoxy) is 2. The van der Waals surface area contributed by atoms with Gasteiger partial charge in [-0.2, -0.15) is 0 Å². The molecule has 290 valence electrons. The highest BCUT2D eigenvalue weighted by atomic mass is 31.2. The van der Waals surface area contributed by atoms with Crippen LogP contribution in [-0.4, -0.2) is 49.3 Å². The van der Waals surface area contributed by atoms with Crippen molar-refractivity contribution >= 4 is 19.8 Å². The average Bonchev–Trinajstić information content (AvgIpc) is 3.11. The normalized spacial score (nSPS) is 14.4. The number of rotatable bonds is 34. The van der Waals surface area contributed by atoms with E-state index in [9.17, 15) is 19.0 Å². The molecule has 0 aliphatic heterocycles. The second-order valence-corrected chi connectivity index (χ2v) is 13.5. The number of hydrogen-bond acceptors (Lipinski definition) is 8. The Kier molecular flexibility index (Phi) is 34.9. The Morgan fingerprint density at radius 3 is 1.53 bits per heavy atom. The number of allylic oxidation sites excluding steroid dienone is 14. The third-order valence-corrected chi connectivity index (χ3v) is 8.25. The van der Waals surface area contributed by atoms with Gasteiger partial charge in [0.05, 0.1) is 13.2 Å². The number of phosphoric acid groups is 1. The minimum atomic E-state index is -4.40. The predicted molar refractivity (Wildman–Crippen MR) is 210 cm³/mol. The van der Waals surface area contributed by atoms with Crippen molar-refractivity contribution in [2.75, 3.05) is 26.4 Å². The van der Waals surface area contributed by atoms with Gasteiger partial charge in [0.15, 0.2) is 6.10 Å². The van der Waals surface area contributed by atoms with Crippen LogP contribution < -0.4 is 5.73 Å². The van der Waals surface area contributed by atoms with E-state index in [0.29, 0.717) is 12.8 Å². The largest absolute Gasteiger partial charge is 0.472 e. The van der Waals surface area contributed by atoms with Gasteiger partial charge < -0.3 is 20.1 Å². The molecule has 0 rings (SSSR count). The van der Waals surface area contributed by atoms with Gasteiger partial charge in [0.2, 0.25) is 0 Å². The summed E-state index contributed by atoms with van der Waals surface area (Å²) < 4.78 is 32.6. The van der Waals surface area contributed by atoms with Crippen molar-refractivity contribution in [3.63, 3.8) is 0 Å². The lowest BCUT2D eigenvalue weighted by molar-refractivity contribution is -0.161. The van der Waals surface area contributed by atoms with Crippen molar-refractivity contribution in [1.82, 2.24) is 0 Å². The molecule has 0 aromatic carbocycles. The van der Waals surface area contributed by atoms with Gasteiger partial charge in [-0.1, -0.05) is 112 Å². The molecular weight excluding hydrogens is 665 g/mol. The molecule has 0 aromatic rings. The fraction of sp³-hybridized carbons (Fsp3) is 0.610. The fourth-order valence-electron chi connectivity index (χ4n) is 4.45. The van der Waals surface area contributed by atoms with E-state index >= 15 is 0 Å². The molecule has 0 saturated heterocycles. The zero-order valence-electron chi connectivity index (χ0n) is 31.5. The Hall–Kier alpha value is -2.81. The molecule has 51 heavy (non-hydrogen) atoms. The van der Waals surface area contributed by atoms with Gasteiger partial charge in [0.1, 0.15) is 6.61 Å². The minimum absolute atomic E-state index is 0.0367. The maximum Gasteiger partial charge on any atom is 0.472 e. The summed E-state index contributed by atoms with van der Waals surface area (Å²) in [6, 6.07) is 0. The van der Waals surface area contributed by atoms with Crippen LogP contribution in [0.5, 0.6) is 0 Å². The third-order valence-electron chi connectivity index (χ3n) is 7.27. The zero-order valence-corrected chi connectivity index (χ0v) is 32.4. The van der Waals surface area contributed by atoms with Gasteiger partial charge in [-0.15, -0.1) is 0 Å². The van der Waals surface area contributed by atoms with E-state index in [1.165, 1.54) is 19.3 Å². The first-order valence-corrected chi connectivity index (χ1v) is 20.6. The topological polar surface area (TPSA) is 134 Å². The van der Waals surface area contributed by atoms with E-state index < -0.39 is 32.5 Å². The molecule has 0 fully saturated rings. The van der Waals surface area contributed by atoms with Gasteiger partial charge in [-0.3, -0.25) is 18.6 Å². The van der Waals surface area contributed by atoms with Gasteiger partial charge >= 0.3 is 19.8 Å². The maximum absolute atomic E-state index is 12.5. The lowest BCUT2D eigenvalue weighted by Gasteiger charge is -2.19. The number of carbonyl (C=O) groups excluding carboxylic acids is 2. The Bertz CT molecular complexity index is 1110. The Morgan fingerprint density at radius 1 is 0.608 bits per heavy atom. The van der Waals surface area contributed by atoms with Crippen molar-refractivity contribution in [3.8, 4) is 0 Å². The molecule has 0 aliphatic carbocycles. The highest BCUT2D eigenvalue weighted by Crippen LogP contribution is 2.43. The van der Waals surface area contributed by atoms with Gasteiger partial charge in [0.25, 0.3) is 0 Å². The summed E-state index contributed by atoms with van der Waals surface area (Å²) in [5, 5.41) is 0. The summed E-state index contributed by atoms with van der Waals surface area (Å²) in [5.74, 6) is -0.934. The number of nitrogens with two attached hydrogens (primary N) is 1. The number of carbonyl (C=O) groups is 2.